The van der Waals surface area contributed by atoms with Crippen molar-refractivity contribution < 1.29 is 14.1 Å². The number of aromatic nitrogens is 1. The fourth-order valence-corrected chi connectivity index (χ4v) is 2.69. The third kappa shape index (κ3) is 3.28. The van der Waals surface area contributed by atoms with Gasteiger partial charge in [0.1, 0.15) is 5.75 Å². The number of hydrogen-bond acceptors (Lipinski definition) is 4. The second kappa shape index (κ2) is 6.61. The zero-order valence-corrected chi connectivity index (χ0v) is 13.4. The molecule has 4 heteroatoms. The smallest absolute Gasteiger partial charge is 0.343 e. The first kappa shape index (κ1) is 15.1. The van der Waals surface area contributed by atoms with Gasteiger partial charge in [0.2, 0.25) is 0 Å². The van der Waals surface area contributed by atoms with Crippen LogP contribution in [-0.4, -0.2) is 11.1 Å². The number of ether oxygens (including phenoxy) is 1. The standard InChI is InChI=1S/C21H15NO3/c23-21(16-9-5-2-6-10-16)24-17-11-12-18-19(22-25-20(18)14-17)13-15-7-3-1-4-8-15/h1-12,14H,13H2. The third-order valence-corrected chi connectivity index (χ3v) is 3.95. The van der Waals surface area contributed by atoms with Gasteiger partial charge in [0.15, 0.2) is 5.58 Å². The van der Waals surface area contributed by atoms with Crippen LogP contribution in [0.4, 0.5) is 0 Å². The number of fused-ring (bicyclic) bond motifs is 1. The fourth-order valence-electron chi connectivity index (χ4n) is 2.69. The van der Waals surface area contributed by atoms with Gasteiger partial charge in [-0.25, -0.2) is 4.79 Å². The van der Waals surface area contributed by atoms with E-state index in [-0.39, 0.29) is 0 Å². The van der Waals surface area contributed by atoms with E-state index in [0.717, 1.165) is 16.6 Å². The van der Waals surface area contributed by atoms with Crippen molar-refractivity contribution in [3.8, 4) is 5.75 Å². The van der Waals surface area contributed by atoms with Gasteiger partial charge >= 0.3 is 5.97 Å². The quantitative estimate of drug-likeness (QED) is 0.404. The van der Waals surface area contributed by atoms with Crippen LogP contribution in [0.3, 0.4) is 0 Å². The van der Waals surface area contributed by atoms with Crippen LogP contribution in [0.2, 0.25) is 0 Å². The van der Waals surface area contributed by atoms with Gasteiger partial charge < -0.3 is 9.26 Å². The van der Waals surface area contributed by atoms with Crippen molar-refractivity contribution in [1.29, 1.82) is 0 Å². The van der Waals surface area contributed by atoms with Crippen molar-refractivity contribution in [2.45, 2.75) is 6.42 Å². The average Bonchev–Trinajstić information content (AvgIpc) is 3.05. The van der Waals surface area contributed by atoms with Crippen LogP contribution in [0.15, 0.2) is 83.4 Å². The van der Waals surface area contributed by atoms with Crippen LogP contribution in [0, 0.1) is 0 Å². The summed E-state index contributed by atoms with van der Waals surface area (Å²) in [5, 5.41) is 5.07. The maximum Gasteiger partial charge on any atom is 0.343 e. The minimum Gasteiger partial charge on any atom is -0.423 e. The SMILES string of the molecule is O=C(Oc1ccc2c(Cc3ccccc3)noc2c1)c1ccccc1. The van der Waals surface area contributed by atoms with E-state index in [4.69, 9.17) is 9.26 Å². The lowest BCUT2D eigenvalue weighted by molar-refractivity contribution is 0.0735. The molecule has 25 heavy (non-hydrogen) atoms. The molecule has 0 bridgehead atoms. The lowest BCUT2D eigenvalue weighted by Gasteiger charge is -2.04. The largest absolute Gasteiger partial charge is 0.423 e. The summed E-state index contributed by atoms with van der Waals surface area (Å²) in [6, 6.07) is 24.3. The zero-order valence-electron chi connectivity index (χ0n) is 13.4. The number of esters is 1. The molecule has 0 aliphatic rings. The molecule has 4 nitrogen and oxygen atoms in total. The Balaban J connectivity index is 1.56. The molecular weight excluding hydrogens is 314 g/mol. The Kier molecular flexibility index (Phi) is 4.01. The maximum atomic E-state index is 12.1. The van der Waals surface area contributed by atoms with Gasteiger partial charge in [0.05, 0.1) is 11.3 Å². The van der Waals surface area contributed by atoms with Gasteiger partial charge in [-0.05, 0) is 29.8 Å². The van der Waals surface area contributed by atoms with E-state index in [0.29, 0.717) is 23.3 Å². The molecule has 0 unspecified atom stereocenters. The molecule has 0 atom stereocenters. The molecule has 3 aromatic carbocycles. The molecule has 0 N–H and O–H groups in total. The molecule has 1 heterocycles. The predicted octanol–water partition coefficient (Wildman–Crippen LogP) is 4.64. The van der Waals surface area contributed by atoms with Gasteiger partial charge in [-0.3, -0.25) is 0 Å². The van der Waals surface area contributed by atoms with Gasteiger partial charge in [-0.15, -0.1) is 0 Å². The van der Waals surface area contributed by atoms with Gasteiger partial charge in [0, 0.05) is 17.9 Å². The molecular formula is C21H15NO3. The molecule has 0 saturated heterocycles. The summed E-state index contributed by atoms with van der Waals surface area (Å²) in [4.78, 5) is 12.1. The first-order chi connectivity index (χ1) is 12.3. The summed E-state index contributed by atoms with van der Waals surface area (Å²) >= 11 is 0. The van der Waals surface area contributed by atoms with Crippen molar-refractivity contribution in [3.05, 3.63) is 95.7 Å². The number of nitrogens with zero attached hydrogens (tertiary/aromatic N) is 1. The molecule has 0 amide bonds. The highest BCUT2D eigenvalue weighted by Gasteiger charge is 2.12. The topological polar surface area (TPSA) is 52.3 Å². The van der Waals surface area contributed by atoms with Gasteiger partial charge in [0.25, 0.3) is 0 Å². The molecule has 0 aliphatic carbocycles. The number of carbonyl (C=O) groups excluding carboxylic acids is 1. The Morgan fingerprint density at radius 1 is 0.920 bits per heavy atom. The highest BCUT2D eigenvalue weighted by Crippen LogP contribution is 2.25. The van der Waals surface area contributed by atoms with Crippen molar-refractivity contribution in [3.63, 3.8) is 0 Å². The van der Waals surface area contributed by atoms with Crippen LogP contribution in [0.25, 0.3) is 11.0 Å². The summed E-state index contributed by atoms with van der Waals surface area (Å²) in [6.45, 7) is 0. The zero-order chi connectivity index (χ0) is 17.1. The van der Waals surface area contributed by atoms with Crippen molar-refractivity contribution >= 4 is 16.9 Å². The minimum atomic E-state index is -0.399. The van der Waals surface area contributed by atoms with Crippen molar-refractivity contribution in [2.24, 2.45) is 0 Å². The number of benzene rings is 3. The molecule has 122 valence electrons. The summed E-state index contributed by atoms with van der Waals surface area (Å²) in [7, 11) is 0. The van der Waals surface area contributed by atoms with Crippen LogP contribution in [0.1, 0.15) is 21.6 Å². The summed E-state index contributed by atoms with van der Waals surface area (Å²) in [6.07, 6.45) is 0.691. The van der Waals surface area contributed by atoms with E-state index in [1.165, 1.54) is 0 Å². The Labute approximate surface area is 144 Å². The molecule has 0 radical (unpaired) electrons. The van der Waals surface area contributed by atoms with E-state index in [1.807, 2.05) is 30.3 Å². The first-order valence-electron chi connectivity index (χ1n) is 7.99. The summed E-state index contributed by atoms with van der Waals surface area (Å²) < 4.78 is 10.8. The monoisotopic (exact) mass is 329 g/mol. The first-order valence-corrected chi connectivity index (χ1v) is 7.99. The molecule has 4 rings (SSSR count). The fraction of sp³-hybridized carbons (Fsp3) is 0.0476. The van der Waals surface area contributed by atoms with Gasteiger partial charge in [-0.1, -0.05) is 53.7 Å². The van der Waals surface area contributed by atoms with Crippen LogP contribution >= 0.6 is 0 Å². The lowest BCUT2D eigenvalue weighted by atomic mass is 10.1. The Morgan fingerprint density at radius 3 is 2.40 bits per heavy atom. The lowest BCUT2D eigenvalue weighted by Crippen LogP contribution is -2.07. The van der Waals surface area contributed by atoms with Crippen molar-refractivity contribution in [1.82, 2.24) is 5.16 Å². The molecule has 1 aromatic heterocycles. The number of carbonyl (C=O) groups is 1. The molecule has 0 fully saturated rings. The van der Waals surface area contributed by atoms with E-state index >= 15 is 0 Å². The van der Waals surface area contributed by atoms with Crippen molar-refractivity contribution in [2.75, 3.05) is 0 Å². The summed E-state index contributed by atoms with van der Waals surface area (Å²) in [5.74, 6) is 0.0349. The van der Waals surface area contributed by atoms with Gasteiger partial charge in [-0.2, -0.15) is 0 Å². The predicted molar refractivity (Wildman–Crippen MR) is 94.7 cm³/mol. The maximum absolute atomic E-state index is 12.1. The van der Waals surface area contributed by atoms with E-state index in [1.54, 1.807) is 36.4 Å². The molecule has 0 aliphatic heterocycles. The normalized spacial score (nSPS) is 10.7. The van der Waals surface area contributed by atoms with Crippen LogP contribution in [0.5, 0.6) is 5.75 Å². The molecule has 4 aromatic rings. The second-order valence-corrected chi connectivity index (χ2v) is 5.71. The highest BCUT2D eigenvalue weighted by atomic mass is 16.5. The summed E-state index contributed by atoms with van der Waals surface area (Å²) in [5.41, 5.74) is 3.13. The Morgan fingerprint density at radius 2 is 1.64 bits per heavy atom. The van der Waals surface area contributed by atoms with E-state index in [2.05, 4.69) is 17.3 Å². The van der Waals surface area contributed by atoms with E-state index in [9.17, 15) is 4.79 Å². The average molecular weight is 329 g/mol. The highest BCUT2D eigenvalue weighted by molar-refractivity contribution is 5.91. The van der Waals surface area contributed by atoms with E-state index < -0.39 is 5.97 Å². The Hall–Kier alpha value is -3.40. The number of hydrogen-bond donors (Lipinski definition) is 0. The number of rotatable bonds is 4. The van der Waals surface area contributed by atoms with Crippen LogP contribution in [-0.2, 0) is 6.42 Å². The molecule has 0 saturated carbocycles. The van der Waals surface area contributed by atoms with Crippen LogP contribution < -0.4 is 4.74 Å². The third-order valence-electron chi connectivity index (χ3n) is 3.95. The minimum absolute atomic E-state index is 0.399. The second-order valence-electron chi connectivity index (χ2n) is 5.71. The molecule has 0 spiro atoms. The Bertz CT molecular complexity index is 1010.